The van der Waals surface area contributed by atoms with Crippen LogP contribution in [0.15, 0.2) is 59.7 Å². The van der Waals surface area contributed by atoms with Gasteiger partial charge in [0, 0.05) is 17.3 Å². The number of anilines is 1. The molecule has 3 aromatic rings. The highest BCUT2D eigenvalue weighted by Gasteiger charge is 2.13. The molecular formula is C30H33ClN4O7. The summed E-state index contributed by atoms with van der Waals surface area (Å²) in [4.78, 5) is 36.6. The summed E-state index contributed by atoms with van der Waals surface area (Å²) in [5.41, 5.74) is 5.13. The number of aryl methyl sites for hydroxylation is 1. The van der Waals surface area contributed by atoms with Crippen molar-refractivity contribution in [3.8, 4) is 23.0 Å². The van der Waals surface area contributed by atoms with Crippen molar-refractivity contribution in [1.29, 1.82) is 0 Å². The molecule has 3 rings (SSSR count). The highest BCUT2D eigenvalue weighted by Crippen LogP contribution is 2.29. The number of ether oxygens (including phenoxy) is 4. The van der Waals surface area contributed by atoms with Gasteiger partial charge in [-0.25, -0.2) is 5.43 Å². The van der Waals surface area contributed by atoms with Gasteiger partial charge in [-0.2, -0.15) is 5.10 Å². The van der Waals surface area contributed by atoms with Gasteiger partial charge in [0.25, 0.3) is 5.91 Å². The molecule has 0 aliphatic carbocycles. The van der Waals surface area contributed by atoms with Crippen molar-refractivity contribution in [1.82, 2.24) is 10.7 Å². The Balaban J connectivity index is 1.49. The van der Waals surface area contributed by atoms with E-state index in [1.54, 1.807) is 56.7 Å². The molecule has 0 heterocycles. The van der Waals surface area contributed by atoms with Gasteiger partial charge in [0.1, 0.15) is 0 Å². The first kappa shape index (κ1) is 31.8. The zero-order valence-electron chi connectivity index (χ0n) is 23.8. The molecule has 0 aliphatic rings. The van der Waals surface area contributed by atoms with Crippen LogP contribution in [0.1, 0.15) is 23.6 Å². The number of amides is 3. The predicted molar refractivity (Wildman–Crippen MR) is 160 cm³/mol. The largest absolute Gasteiger partial charge is 0.493 e. The minimum absolute atomic E-state index is 0.238. The molecule has 0 fully saturated rings. The number of nitrogens with one attached hydrogen (secondary N) is 3. The number of benzene rings is 3. The molecule has 3 amide bonds. The smallest absolute Gasteiger partial charge is 0.329 e. The van der Waals surface area contributed by atoms with Gasteiger partial charge < -0.3 is 29.6 Å². The topological polar surface area (TPSA) is 137 Å². The van der Waals surface area contributed by atoms with Crippen LogP contribution in [0.5, 0.6) is 23.0 Å². The van der Waals surface area contributed by atoms with E-state index in [0.29, 0.717) is 52.3 Å². The van der Waals surface area contributed by atoms with E-state index in [4.69, 9.17) is 30.5 Å². The fraction of sp³-hybridized carbons (Fsp3) is 0.267. The summed E-state index contributed by atoms with van der Waals surface area (Å²) in [7, 11) is 3.09. The molecule has 42 heavy (non-hydrogen) atoms. The van der Waals surface area contributed by atoms with Crippen LogP contribution in [-0.2, 0) is 20.8 Å². The fourth-order valence-corrected chi connectivity index (χ4v) is 3.84. The number of rotatable bonds is 13. The van der Waals surface area contributed by atoms with Crippen molar-refractivity contribution >= 4 is 41.2 Å². The zero-order chi connectivity index (χ0) is 30.5. The molecule has 11 nitrogen and oxygen atoms in total. The molecule has 0 radical (unpaired) electrons. The first-order valence-corrected chi connectivity index (χ1v) is 13.4. The lowest BCUT2D eigenvalue weighted by molar-refractivity contribution is -0.139. The summed E-state index contributed by atoms with van der Waals surface area (Å²) in [5, 5.41) is 9.67. The molecule has 12 heteroatoms. The molecule has 0 atom stereocenters. The zero-order valence-corrected chi connectivity index (χ0v) is 24.5. The molecule has 0 aliphatic heterocycles. The van der Waals surface area contributed by atoms with Gasteiger partial charge in [-0.15, -0.1) is 0 Å². The number of hydrogen-bond donors (Lipinski definition) is 3. The SMILES string of the molecule is CCOc1cc(/C=N\NC(=O)C(=O)NCCc2ccc(OC)c(OC)c2)ccc1OCC(=O)Nc1ccc(C)c(Cl)c1. The summed E-state index contributed by atoms with van der Waals surface area (Å²) in [6.45, 7) is 4.02. The van der Waals surface area contributed by atoms with E-state index in [-0.39, 0.29) is 19.1 Å². The first-order chi connectivity index (χ1) is 20.2. The van der Waals surface area contributed by atoms with Gasteiger partial charge in [0.05, 0.1) is 27.0 Å². The number of carbonyl (C=O) groups excluding carboxylic acids is 3. The quantitative estimate of drug-likeness (QED) is 0.155. The molecule has 0 aromatic heterocycles. The highest BCUT2D eigenvalue weighted by molar-refractivity contribution is 6.35. The van der Waals surface area contributed by atoms with E-state index in [0.717, 1.165) is 11.1 Å². The van der Waals surface area contributed by atoms with Crippen LogP contribution in [0.4, 0.5) is 5.69 Å². The highest BCUT2D eigenvalue weighted by atomic mass is 35.5. The third kappa shape index (κ3) is 9.41. The van der Waals surface area contributed by atoms with E-state index in [9.17, 15) is 14.4 Å². The molecule has 0 unspecified atom stereocenters. The third-order valence-electron chi connectivity index (χ3n) is 5.82. The van der Waals surface area contributed by atoms with Crippen molar-refractivity contribution in [2.24, 2.45) is 5.10 Å². The average molecular weight is 597 g/mol. The minimum Gasteiger partial charge on any atom is -0.493 e. The van der Waals surface area contributed by atoms with E-state index >= 15 is 0 Å². The number of carbonyl (C=O) groups is 3. The van der Waals surface area contributed by atoms with Crippen LogP contribution in [-0.4, -0.2) is 57.9 Å². The molecule has 3 aromatic carbocycles. The van der Waals surface area contributed by atoms with E-state index < -0.39 is 11.8 Å². The lowest BCUT2D eigenvalue weighted by Crippen LogP contribution is -2.38. The van der Waals surface area contributed by atoms with Crippen LogP contribution in [0.25, 0.3) is 0 Å². The Kier molecular flexibility index (Phi) is 12.0. The lowest BCUT2D eigenvalue weighted by Gasteiger charge is -2.13. The summed E-state index contributed by atoms with van der Waals surface area (Å²) in [6, 6.07) is 15.6. The minimum atomic E-state index is -0.913. The van der Waals surface area contributed by atoms with Gasteiger partial charge in [0.2, 0.25) is 0 Å². The van der Waals surface area contributed by atoms with Gasteiger partial charge >= 0.3 is 11.8 Å². The second kappa shape index (κ2) is 15.9. The van der Waals surface area contributed by atoms with Crippen LogP contribution >= 0.6 is 11.6 Å². The summed E-state index contributed by atoms with van der Waals surface area (Å²) >= 11 is 6.11. The Bertz CT molecular complexity index is 1450. The number of hydrazone groups is 1. The molecular weight excluding hydrogens is 564 g/mol. The standard InChI is InChI=1S/C30H33ClN4O7/c1-5-41-27-15-21(8-11-25(27)42-18-28(36)34-22-9-6-19(2)23(31)16-22)17-33-35-30(38)29(37)32-13-12-20-7-10-24(39-3)26(14-20)40-4/h6-11,14-17H,5,12-13,18H2,1-4H3,(H,32,37)(H,34,36)(H,35,38)/b33-17-. The number of hydrogen-bond acceptors (Lipinski definition) is 8. The maximum Gasteiger partial charge on any atom is 0.329 e. The Labute approximate surface area is 249 Å². The number of methoxy groups -OCH3 is 2. The lowest BCUT2D eigenvalue weighted by atomic mass is 10.1. The van der Waals surface area contributed by atoms with Crippen LogP contribution in [0.3, 0.4) is 0 Å². The monoisotopic (exact) mass is 596 g/mol. The maximum absolute atomic E-state index is 12.3. The van der Waals surface area contributed by atoms with E-state index in [2.05, 4.69) is 21.2 Å². The number of halogens is 1. The Morgan fingerprint density at radius 2 is 1.64 bits per heavy atom. The van der Waals surface area contributed by atoms with Gasteiger partial charge in [-0.05, 0) is 79.4 Å². The van der Waals surface area contributed by atoms with Gasteiger partial charge in [0.15, 0.2) is 29.6 Å². The molecule has 3 N–H and O–H groups in total. The summed E-state index contributed by atoms with van der Waals surface area (Å²) < 4.78 is 21.8. The van der Waals surface area contributed by atoms with Crippen LogP contribution in [0.2, 0.25) is 5.02 Å². The second-order valence-electron chi connectivity index (χ2n) is 8.83. The van der Waals surface area contributed by atoms with Gasteiger partial charge in [-0.3, -0.25) is 14.4 Å². The van der Waals surface area contributed by atoms with Crippen molar-refractivity contribution in [3.05, 3.63) is 76.3 Å². The van der Waals surface area contributed by atoms with Crippen molar-refractivity contribution in [3.63, 3.8) is 0 Å². The average Bonchev–Trinajstić information content (AvgIpc) is 2.98. The van der Waals surface area contributed by atoms with Crippen LogP contribution < -0.4 is 35.0 Å². The maximum atomic E-state index is 12.3. The van der Waals surface area contributed by atoms with Gasteiger partial charge in [-0.1, -0.05) is 23.7 Å². The second-order valence-corrected chi connectivity index (χ2v) is 9.24. The molecule has 222 valence electrons. The van der Waals surface area contributed by atoms with E-state index in [1.807, 2.05) is 26.0 Å². The predicted octanol–water partition coefficient (Wildman–Crippen LogP) is 3.89. The van der Waals surface area contributed by atoms with E-state index in [1.165, 1.54) is 6.21 Å². The summed E-state index contributed by atoms with van der Waals surface area (Å²) in [5.74, 6) is -0.189. The first-order valence-electron chi connectivity index (χ1n) is 13.0. The third-order valence-corrected chi connectivity index (χ3v) is 6.22. The normalized spacial score (nSPS) is 10.6. The van der Waals surface area contributed by atoms with Crippen LogP contribution in [0, 0.1) is 6.92 Å². The Morgan fingerprint density at radius 1 is 0.881 bits per heavy atom. The summed E-state index contributed by atoms with van der Waals surface area (Å²) in [6.07, 6.45) is 1.84. The van der Waals surface area contributed by atoms with Crippen molar-refractivity contribution in [2.75, 3.05) is 39.3 Å². The molecule has 0 spiro atoms. The Hall–Kier alpha value is -4.77. The molecule has 0 saturated carbocycles. The number of nitrogens with zero attached hydrogens (tertiary/aromatic N) is 1. The fourth-order valence-electron chi connectivity index (χ4n) is 3.66. The Morgan fingerprint density at radius 3 is 2.36 bits per heavy atom. The molecule has 0 saturated heterocycles. The van der Waals surface area contributed by atoms with Crippen molar-refractivity contribution in [2.45, 2.75) is 20.3 Å². The molecule has 0 bridgehead atoms. The van der Waals surface area contributed by atoms with Crippen molar-refractivity contribution < 1.29 is 33.3 Å².